The van der Waals surface area contributed by atoms with Crippen LogP contribution in [0.5, 0.6) is 0 Å². The van der Waals surface area contributed by atoms with Gasteiger partial charge in [0.1, 0.15) is 5.78 Å². The number of aryl methyl sites for hydroxylation is 1. The molecule has 0 bridgehead atoms. The van der Waals surface area contributed by atoms with Gasteiger partial charge in [0.15, 0.2) is 0 Å². The summed E-state index contributed by atoms with van der Waals surface area (Å²) in [5, 5.41) is 0.984. The Morgan fingerprint density at radius 1 is 1.22 bits per heavy atom. The SMILES string of the molecule is CN1CC2(CC(C(=O)Cc3cc4nc(-c5cncn5C)ccc4cn3)C2)C1. The van der Waals surface area contributed by atoms with Crippen molar-refractivity contribution in [2.45, 2.75) is 19.3 Å². The molecule has 3 aromatic rings. The quantitative estimate of drug-likeness (QED) is 0.714. The van der Waals surface area contributed by atoms with Gasteiger partial charge >= 0.3 is 0 Å². The fourth-order valence-corrected chi connectivity index (χ4v) is 4.79. The van der Waals surface area contributed by atoms with E-state index in [1.165, 1.54) is 0 Å². The maximum atomic E-state index is 12.7. The van der Waals surface area contributed by atoms with Gasteiger partial charge in [-0.05, 0) is 43.5 Å². The average molecular weight is 361 g/mol. The third-order valence-corrected chi connectivity index (χ3v) is 6.09. The maximum Gasteiger partial charge on any atom is 0.141 e. The van der Waals surface area contributed by atoms with Crippen LogP contribution < -0.4 is 0 Å². The highest BCUT2D eigenvalue weighted by molar-refractivity contribution is 5.86. The Kier molecular flexibility index (Phi) is 3.65. The van der Waals surface area contributed by atoms with Crippen molar-refractivity contribution in [1.29, 1.82) is 0 Å². The van der Waals surface area contributed by atoms with Crippen molar-refractivity contribution >= 4 is 16.7 Å². The molecule has 1 aliphatic carbocycles. The van der Waals surface area contributed by atoms with E-state index in [0.717, 1.165) is 53.9 Å². The summed E-state index contributed by atoms with van der Waals surface area (Å²) in [5.74, 6) is 0.537. The van der Waals surface area contributed by atoms with E-state index in [1.54, 1.807) is 6.33 Å². The summed E-state index contributed by atoms with van der Waals surface area (Å²) in [5.41, 5.74) is 3.97. The second-order valence-corrected chi connectivity index (χ2v) is 8.38. The second-order valence-electron chi connectivity index (χ2n) is 8.38. The van der Waals surface area contributed by atoms with E-state index in [2.05, 4.69) is 21.9 Å². The Labute approximate surface area is 158 Å². The van der Waals surface area contributed by atoms with E-state index in [4.69, 9.17) is 4.98 Å². The lowest BCUT2D eigenvalue weighted by Gasteiger charge is -2.58. The number of carbonyl (C=O) groups is 1. The molecule has 0 radical (unpaired) electrons. The number of aromatic nitrogens is 4. The minimum absolute atomic E-state index is 0.213. The molecule has 2 fully saturated rings. The van der Waals surface area contributed by atoms with Gasteiger partial charge in [-0.1, -0.05) is 0 Å². The Morgan fingerprint density at radius 3 is 2.74 bits per heavy atom. The van der Waals surface area contributed by atoms with Crippen molar-refractivity contribution in [3.05, 3.63) is 42.6 Å². The maximum absolute atomic E-state index is 12.7. The standard InChI is InChI=1S/C21H23N5O/c1-25-11-21(12-25)7-15(8-21)20(27)6-16-5-18-14(9-23-16)3-4-17(24-18)19-10-22-13-26(19)2/h3-5,9-10,13,15H,6-8,11-12H2,1-2H3. The zero-order chi connectivity index (χ0) is 18.6. The molecule has 6 heteroatoms. The van der Waals surface area contributed by atoms with Gasteiger partial charge in [0.2, 0.25) is 0 Å². The molecule has 0 unspecified atom stereocenters. The van der Waals surface area contributed by atoms with E-state index in [0.29, 0.717) is 17.6 Å². The van der Waals surface area contributed by atoms with Gasteiger partial charge in [0.25, 0.3) is 0 Å². The Morgan fingerprint density at radius 2 is 2.04 bits per heavy atom. The first-order chi connectivity index (χ1) is 13.0. The molecule has 0 aromatic carbocycles. The van der Waals surface area contributed by atoms with E-state index >= 15 is 0 Å². The number of Topliss-reactive ketones (excluding diaryl/α,β-unsaturated/α-hetero) is 1. The highest BCUT2D eigenvalue weighted by atomic mass is 16.1. The number of hydrogen-bond donors (Lipinski definition) is 0. The number of pyridine rings is 2. The number of likely N-dealkylation sites (tertiary alicyclic amines) is 1. The van der Waals surface area contributed by atoms with Gasteiger partial charge in [-0.2, -0.15) is 0 Å². The largest absolute Gasteiger partial charge is 0.332 e. The summed E-state index contributed by atoms with van der Waals surface area (Å²) >= 11 is 0. The van der Waals surface area contributed by atoms with E-state index < -0.39 is 0 Å². The van der Waals surface area contributed by atoms with Crippen LogP contribution in [0.15, 0.2) is 36.9 Å². The van der Waals surface area contributed by atoms with Gasteiger partial charge in [-0.15, -0.1) is 0 Å². The first kappa shape index (κ1) is 16.6. The zero-order valence-electron chi connectivity index (χ0n) is 15.7. The third kappa shape index (κ3) is 2.84. The molecule has 1 spiro atoms. The lowest BCUT2D eigenvalue weighted by molar-refractivity contribution is -0.139. The van der Waals surface area contributed by atoms with Crippen LogP contribution in [0.3, 0.4) is 0 Å². The molecule has 3 aromatic heterocycles. The molecule has 1 saturated heterocycles. The van der Waals surface area contributed by atoms with Crippen molar-refractivity contribution in [3.63, 3.8) is 0 Å². The molecule has 138 valence electrons. The molecule has 4 heterocycles. The van der Waals surface area contributed by atoms with E-state index in [9.17, 15) is 4.79 Å². The topological polar surface area (TPSA) is 63.9 Å². The van der Waals surface area contributed by atoms with Gasteiger partial charge < -0.3 is 9.47 Å². The first-order valence-electron chi connectivity index (χ1n) is 9.45. The van der Waals surface area contributed by atoms with Gasteiger partial charge in [-0.25, -0.2) is 9.97 Å². The van der Waals surface area contributed by atoms with Crippen LogP contribution >= 0.6 is 0 Å². The smallest absolute Gasteiger partial charge is 0.141 e. The summed E-state index contributed by atoms with van der Waals surface area (Å²) < 4.78 is 1.95. The van der Waals surface area contributed by atoms with Crippen LogP contribution in [0, 0.1) is 11.3 Å². The predicted molar refractivity (Wildman–Crippen MR) is 103 cm³/mol. The third-order valence-electron chi connectivity index (χ3n) is 6.09. The van der Waals surface area contributed by atoms with E-state index in [1.807, 2.05) is 42.2 Å². The molecule has 1 aliphatic heterocycles. The molecular weight excluding hydrogens is 338 g/mol. The van der Waals surface area contributed by atoms with Gasteiger partial charge in [-0.3, -0.25) is 9.78 Å². The molecule has 0 atom stereocenters. The Hall–Kier alpha value is -2.60. The summed E-state index contributed by atoms with van der Waals surface area (Å²) in [4.78, 5) is 28.4. The van der Waals surface area contributed by atoms with Crippen LogP contribution in [-0.2, 0) is 18.3 Å². The second kappa shape index (κ2) is 5.96. The molecule has 1 saturated carbocycles. The van der Waals surface area contributed by atoms with E-state index in [-0.39, 0.29) is 5.92 Å². The van der Waals surface area contributed by atoms with Crippen molar-refractivity contribution in [2.24, 2.45) is 18.4 Å². The van der Waals surface area contributed by atoms with Gasteiger partial charge in [0, 0.05) is 49.8 Å². The molecular formula is C21H23N5O. The fourth-order valence-electron chi connectivity index (χ4n) is 4.79. The minimum atomic E-state index is 0.213. The lowest BCUT2D eigenvalue weighted by atomic mass is 9.56. The van der Waals surface area contributed by atoms with Gasteiger partial charge in [0.05, 0.1) is 29.4 Å². The van der Waals surface area contributed by atoms with Crippen molar-refractivity contribution in [2.75, 3.05) is 20.1 Å². The van der Waals surface area contributed by atoms with Crippen LogP contribution in [0.1, 0.15) is 18.5 Å². The van der Waals surface area contributed by atoms with Crippen molar-refractivity contribution < 1.29 is 4.79 Å². The number of fused-ring (bicyclic) bond motifs is 1. The highest BCUT2D eigenvalue weighted by Crippen LogP contribution is 2.51. The molecule has 0 amide bonds. The molecule has 2 aliphatic rings. The number of ketones is 1. The molecule has 6 nitrogen and oxygen atoms in total. The average Bonchev–Trinajstić information content (AvgIpc) is 3.02. The molecule has 5 rings (SSSR count). The van der Waals surface area contributed by atoms with Crippen LogP contribution in [-0.4, -0.2) is 50.3 Å². The normalized spacial score (nSPS) is 19.2. The van der Waals surface area contributed by atoms with Crippen LogP contribution in [0.2, 0.25) is 0 Å². The summed E-state index contributed by atoms with van der Waals surface area (Å²) in [6.07, 6.45) is 7.90. The van der Waals surface area contributed by atoms with Crippen LogP contribution in [0.4, 0.5) is 0 Å². The fraction of sp³-hybridized carbons (Fsp3) is 0.429. The number of nitrogens with zero attached hydrogens (tertiary/aromatic N) is 5. The summed E-state index contributed by atoms with van der Waals surface area (Å²) in [6.45, 7) is 2.29. The number of hydrogen-bond acceptors (Lipinski definition) is 5. The van der Waals surface area contributed by atoms with Crippen molar-refractivity contribution in [3.8, 4) is 11.4 Å². The molecule has 27 heavy (non-hydrogen) atoms. The number of imidazole rings is 1. The number of carbonyl (C=O) groups excluding carboxylic acids is 1. The van der Waals surface area contributed by atoms with Crippen LogP contribution in [0.25, 0.3) is 22.3 Å². The Balaban J connectivity index is 1.33. The predicted octanol–water partition coefficient (Wildman–Crippen LogP) is 2.48. The summed E-state index contributed by atoms with van der Waals surface area (Å²) in [6, 6.07) is 5.96. The zero-order valence-corrected chi connectivity index (χ0v) is 15.7. The Bertz CT molecular complexity index is 1030. The summed E-state index contributed by atoms with van der Waals surface area (Å²) in [7, 11) is 4.10. The number of rotatable bonds is 4. The lowest BCUT2D eigenvalue weighted by Crippen LogP contribution is -2.61. The first-order valence-corrected chi connectivity index (χ1v) is 9.45. The van der Waals surface area contributed by atoms with Crippen molar-refractivity contribution in [1.82, 2.24) is 24.4 Å². The molecule has 0 N–H and O–H groups in total. The minimum Gasteiger partial charge on any atom is -0.332 e. The highest BCUT2D eigenvalue weighted by Gasteiger charge is 2.52. The monoisotopic (exact) mass is 361 g/mol.